The Hall–Kier alpha value is -1.35. The maximum atomic E-state index is 10.0. The third-order valence-electron chi connectivity index (χ3n) is 3.05. The highest BCUT2D eigenvalue weighted by molar-refractivity contribution is 5.39. The molecule has 0 radical (unpaired) electrons. The summed E-state index contributed by atoms with van der Waals surface area (Å²) in [6, 6.07) is 5.85. The van der Waals surface area contributed by atoms with Gasteiger partial charge in [0.15, 0.2) is 0 Å². The number of hydrogen-bond acceptors (Lipinski definition) is 2. The molecule has 0 fully saturated rings. The molecule has 0 saturated heterocycles. The van der Waals surface area contributed by atoms with Crippen LogP contribution in [-0.4, -0.2) is 14.5 Å². The van der Waals surface area contributed by atoms with Gasteiger partial charge in [-0.15, -0.1) is 0 Å². The van der Waals surface area contributed by atoms with Crippen molar-refractivity contribution in [1.29, 1.82) is 0 Å². The Bertz CT molecular complexity index is 431. The van der Waals surface area contributed by atoms with E-state index in [1.807, 2.05) is 35.0 Å². The number of aliphatic hydroxyl groups excluding tert-OH is 1. The third-order valence-corrected chi connectivity index (χ3v) is 3.05. The molecule has 0 amide bonds. The summed E-state index contributed by atoms with van der Waals surface area (Å²) >= 11 is 0. The number of rotatable bonds is 4. The second-order valence-electron chi connectivity index (χ2n) is 4.40. The molecule has 2 atom stereocenters. The van der Waals surface area contributed by atoms with E-state index in [1.165, 1.54) is 0 Å². The molecule has 2 aromatic rings. The molecule has 16 heavy (non-hydrogen) atoms. The fraction of sp³-hybridized carbons (Fsp3) is 0.462. The number of imidazole rings is 1. The van der Waals surface area contributed by atoms with E-state index in [-0.39, 0.29) is 0 Å². The minimum atomic E-state index is -0.449. The van der Waals surface area contributed by atoms with Gasteiger partial charge in [0, 0.05) is 12.4 Å². The Labute approximate surface area is 95.8 Å². The van der Waals surface area contributed by atoms with Crippen LogP contribution in [0.3, 0.4) is 0 Å². The number of nitrogens with zero attached hydrogens (tertiary/aromatic N) is 2. The van der Waals surface area contributed by atoms with Crippen molar-refractivity contribution in [3.8, 4) is 0 Å². The molecule has 0 saturated carbocycles. The van der Waals surface area contributed by atoms with Crippen molar-refractivity contribution in [2.75, 3.05) is 0 Å². The first kappa shape index (κ1) is 11.1. The van der Waals surface area contributed by atoms with Gasteiger partial charge < -0.3 is 9.51 Å². The van der Waals surface area contributed by atoms with Crippen molar-refractivity contribution in [1.82, 2.24) is 9.38 Å². The second-order valence-corrected chi connectivity index (χ2v) is 4.40. The van der Waals surface area contributed by atoms with Crippen molar-refractivity contribution in [2.24, 2.45) is 5.92 Å². The lowest BCUT2D eigenvalue weighted by Gasteiger charge is -2.12. The smallest absolute Gasteiger partial charge is 0.137 e. The summed E-state index contributed by atoms with van der Waals surface area (Å²) in [6.45, 7) is 4.29. The molecule has 0 spiro atoms. The molecule has 0 aliphatic rings. The Balaban J connectivity index is 2.19. The molecule has 86 valence electrons. The van der Waals surface area contributed by atoms with Gasteiger partial charge in [-0.1, -0.05) is 26.3 Å². The lowest BCUT2D eigenvalue weighted by Crippen LogP contribution is -2.03. The maximum absolute atomic E-state index is 10.0. The summed E-state index contributed by atoms with van der Waals surface area (Å²) < 4.78 is 1.94. The summed E-state index contributed by atoms with van der Waals surface area (Å²) in [7, 11) is 0. The predicted octanol–water partition coefficient (Wildman–Crippen LogP) is 2.80. The standard InChI is InChI=1S/C13H18N2O/c1-3-10(2)8-12(16)11-9-15-7-5-4-6-13(15)14-11/h4-7,9-10,12,16H,3,8H2,1-2H3. The van der Waals surface area contributed by atoms with Crippen molar-refractivity contribution < 1.29 is 5.11 Å². The Kier molecular flexibility index (Phi) is 3.25. The molecule has 2 heterocycles. The van der Waals surface area contributed by atoms with Gasteiger partial charge in [0.2, 0.25) is 0 Å². The molecule has 3 nitrogen and oxygen atoms in total. The highest BCUT2D eigenvalue weighted by atomic mass is 16.3. The number of aliphatic hydroxyl groups is 1. The number of aromatic nitrogens is 2. The quantitative estimate of drug-likeness (QED) is 0.856. The summed E-state index contributed by atoms with van der Waals surface area (Å²) in [6.07, 6.45) is 5.27. The van der Waals surface area contributed by atoms with Crippen LogP contribution >= 0.6 is 0 Å². The van der Waals surface area contributed by atoms with Crippen LogP contribution in [0.25, 0.3) is 5.65 Å². The van der Waals surface area contributed by atoms with Gasteiger partial charge in [0.1, 0.15) is 5.65 Å². The Morgan fingerprint density at radius 1 is 1.44 bits per heavy atom. The fourth-order valence-electron chi connectivity index (χ4n) is 1.78. The summed E-state index contributed by atoms with van der Waals surface area (Å²) in [4.78, 5) is 4.41. The second kappa shape index (κ2) is 4.66. The van der Waals surface area contributed by atoms with Crippen molar-refractivity contribution in [3.05, 3.63) is 36.3 Å². The van der Waals surface area contributed by atoms with E-state index in [2.05, 4.69) is 18.8 Å². The minimum Gasteiger partial charge on any atom is -0.387 e. The zero-order valence-electron chi connectivity index (χ0n) is 9.80. The third kappa shape index (κ3) is 2.25. The van der Waals surface area contributed by atoms with Crippen LogP contribution in [0.15, 0.2) is 30.6 Å². The molecule has 2 aromatic heterocycles. The van der Waals surface area contributed by atoms with Gasteiger partial charge >= 0.3 is 0 Å². The molecule has 0 aliphatic carbocycles. The maximum Gasteiger partial charge on any atom is 0.137 e. The topological polar surface area (TPSA) is 37.5 Å². The van der Waals surface area contributed by atoms with Gasteiger partial charge in [-0.05, 0) is 24.5 Å². The van der Waals surface area contributed by atoms with Gasteiger partial charge in [0.25, 0.3) is 0 Å². The van der Waals surface area contributed by atoms with E-state index in [0.29, 0.717) is 5.92 Å². The first-order valence-electron chi connectivity index (χ1n) is 5.82. The Morgan fingerprint density at radius 3 is 2.94 bits per heavy atom. The number of pyridine rings is 1. The Morgan fingerprint density at radius 2 is 2.25 bits per heavy atom. The number of fused-ring (bicyclic) bond motifs is 1. The van der Waals surface area contributed by atoms with Crippen molar-refractivity contribution in [3.63, 3.8) is 0 Å². The van der Waals surface area contributed by atoms with Crippen LogP contribution in [0.1, 0.15) is 38.5 Å². The van der Waals surface area contributed by atoms with E-state index in [0.717, 1.165) is 24.2 Å². The van der Waals surface area contributed by atoms with Crippen LogP contribution in [0.5, 0.6) is 0 Å². The van der Waals surface area contributed by atoms with Crippen LogP contribution in [-0.2, 0) is 0 Å². The first-order valence-corrected chi connectivity index (χ1v) is 5.82. The minimum absolute atomic E-state index is 0.449. The summed E-state index contributed by atoms with van der Waals surface area (Å²) in [5, 5.41) is 10.0. The average Bonchev–Trinajstić information content (AvgIpc) is 2.72. The van der Waals surface area contributed by atoms with Crippen LogP contribution in [0.2, 0.25) is 0 Å². The molecule has 0 bridgehead atoms. The van der Waals surface area contributed by atoms with Gasteiger partial charge in [-0.3, -0.25) is 0 Å². The van der Waals surface area contributed by atoms with E-state index in [9.17, 15) is 5.11 Å². The van der Waals surface area contributed by atoms with Crippen molar-refractivity contribution >= 4 is 5.65 Å². The largest absolute Gasteiger partial charge is 0.387 e. The highest BCUT2D eigenvalue weighted by Crippen LogP contribution is 2.22. The molecule has 3 heteroatoms. The molecule has 1 N–H and O–H groups in total. The SMILES string of the molecule is CCC(C)CC(O)c1cn2ccccc2n1. The van der Waals surface area contributed by atoms with Crippen LogP contribution in [0.4, 0.5) is 0 Å². The number of hydrogen-bond donors (Lipinski definition) is 1. The molecule has 2 unspecified atom stereocenters. The zero-order chi connectivity index (χ0) is 11.5. The van der Waals surface area contributed by atoms with Crippen LogP contribution < -0.4 is 0 Å². The molecular weight excluding hydrogens is 200 g/mol. The lowest BCUT2D eigenvalue weighted by molar-refractivity contribution is 0.142. The monoisotopic (exact) mass is 218 g/mol. The molecule has 0 aliphatic heterocycles. The zero-order valence-corrected chi connectivity index (χ0v) is 9.80. The van der Waals surface area contributed by atoms with E-state index in [1.54, 1.807) is 0 Å². The predicted molar refractivity (Wildman–Crippen MR) is 64.2 cm³/mol. The van der Waals surface area contributed by atoms with Gasteiger partial charge in [0.05, 0.1) is 11.8 Å². The van der Waals surface area contributed by atoms with Crippen LogP contribution in [0, 0.1) is 5.92 Å². The highest BCUT2D eigenvalue weighted by Gasteiger charge is 2.14. The van der Waals surface area contributed by atoms with E-state index < -0.39 is 6.10 Å². The first-order chi connectivity index (χ1) is 7.70. The fourth-order valence-corrected chi connectivity index (χ4v) is 1.78. The van der Waals surface area contributed by atoms with E-state index in [4.69, 9.17) is 0 Å². The summed E-state index contributed by atoms with van der Waals surface area (Å²) in [5.41, 5.74) is 1.66. The van der Waals surface area contributed by atoms with E-state index >= 15 is 0 Å². The normalized spacial score (nSPS) is 15.2. The summed E-state index contributed by atoms with van der Waals surface area (Å²) in [5.74, 6) is 0.528. The molecule has 2 rings (SSSR count). The average molecular weight is 218 g/mol. The molecule has 0 aromatic carbocycles. The van der Waals surface area contributed by atoms with Crippen molar-refractivity contribution in [2.45, 2.75) is 32.8 Å². The van der Waals surface area contributed by atoms with Gasteiger partial charge in [-0.2, -0.15) is 0 Å². The van der Waals surface area contributed by atoms with Gasteiger partial charge in [-0.25, -0.2) is 4.98 Å². The molecular formula is C13H18N2O. The lowest BCUT2D eigenvalue weighted by atomic mass is 10.00.